The van der Waals surface area contributed by atoms with Crippen molar-refractivity contribution in [1.29, 1.82) is 0 Å². The van der Waals surface area contributed by atoms with Gasteiger partial charge in [0.1, 0.15) is 0 Å². The maximum Gasteiger partial charge on any atom is 0.153 e. The number of hydrogen-bond donors (Lipinski definition) is 2. The summed E-state index contributed by atoms with van der Waals surface area (Å²) < 4.78 is 0. The van der Waals surface area contributed by atoms with Gasteiger partial charge in [0, 0.05) is 12.6 Å². The van der Waals surface area contributed by atoms with Crippen LogP contribution in [0.15, 0.2) is 5.16 Å². The van der Waals surface area contributed by atoms with E-state index in [0.717, 1.165) is 24.3 Å². The Labute approximate surface area is 104 Å². The van der Waals surface area contributed by atoms with Gasteiger partial charge in [-0.2, -0.15) is 0 Å². The molecule has 17 heavy (non-hydrogen) atoms. The molecular formula is C13H25N3O. The highest BCUT2D eigenvalue weighted by atomic mass is 16.4. The zero-order chi connectivity index (χ0) is 12.4. The molecule has 3 atom stereocenters. The molecule has 0 heterocycles. The number of nitrogens with two attached hydrogens (primary N) is 1. The number of amidine groups is 1. The predicted octanol–water partition coefficient (Wildman–Crippen LogP) is 1.88. The third-order valence-corrected chi connectivity index (χ3v) is 4.58. The second kappa shape index (κ2) is 5.25. The van der Waals surface area contributed by atoms with Crippen molar-refractivity contribution in [1.82, 2.24) is 4.90 Å². The van der Waals surface area contributed by atoms with Crippen LogP contribution in [-0.4, -0.2) is 35.1 Å². The second-order valence-electron chi connectivity index (χ2n) is 6.05. The fourth-order valence-corrected chi connectivity index (χ4v) is 3.60. The van der Waals surface area contributed by atoms with E-state index in [0.29, 0.717) is 18.4 Å². The van der Waals surface area contributed by atoms with Gasteiger partial charge in [-0.15, -0.1) is 0 Å². The lowest BCUT2D eigenvalue weighted by atomic mass is 9.88. The van der Waals surface area contributed by atoms with Gasteiger partial charge in [0.2, 0.25) is 0 Å². The van der Waals surface area contributed by atoms with Crippen LogP contribution in [-0.2, 0) is 0 Å². The molecule has 0 radical (unpaired) electrons. The molecule has 98 valence electrons. The van der Waals surface area contributed by atoms with Gasteiger partial charge in [-0.25, -0.2) is 0 Å². The lowest BCUT2D eigenvalue weighted by Gasteiger charge is -2.32. The summed E-state index contributed by atoms with van der Waals surface area (Å²) >= 11 is 0. The predicted molar refractivity (Wildman–Crippen MR) is 69.1 cm³/mol. The van der Waals surface area contributed by atoms with E-state index >= 15 is 0 Å². The van der Waals surface area contributed by atoms with E-state index in [1.165, 1.54) is 25.7 Å². The lowest BCUT2D eigenvalue weighted by molar-refractivity contribution is 0.175. The largest absolute Gasteiger partial charge is 0.409 e. The molecule has 2 saturated carbocycles. The van der Waals surface area contributed by atoms with E-state index in [4.69, 9.17) is 10.9 Å². The van der Waals surface area contributed by atoms with Crippen molar-refractivity contribution in [3.63, 3.8) is 0 Å². The molecule has 2 rings (SSSR count). The minimum Gasteiger partial charge on any atom is -0.409 e. The van der Waals surface area contributed by atoms with Crippen LogP contribution in [0.2, 0.25) is 0 Å². The van der Waals surface area contributed by atoms with E-state index < -0.39 is 0 Å². The van der Waals surface area contributed by atoms with Gasteiger partial charge in [-0.1, -0.05) is 11.6 Å². The van der Waals surface area contributed by atoms with E-state index in [2.05, 4.69) is 23.9 Å². The van der Waals surface area contributed by atoms with Crippen LogP contribution in [0.25, 0.3) is 0 Å². The first-order valence-corrected chi connectivity index (χ1v) is 6.80. The Balaban J connectivity index is 1.89. The van der Waals surface area contributed by atoms with Gasteiger partial charge >= 0.3 is 0 Å². The van der Waals surface area contributed by atoms with E-state index in [9.17, 15) is 0 Å². The molecular weight excluding hydrogens is 214 g/mol. The summed E-state index contributed by atoms with van der Waals surface area (Å²) in [4.78, 5) is 2.33. The third-order valence-electron chi connectivity index (χ3n) is 4.58. The van der Waals surface area contributed by atoms with Crippen molar-refractivity contribution >= 4 is 5.84 Å². The molecule has 2 aliphatic rings. The Hall–Kier alpha value is -0.770. The fourth-order valence-electron chi connectivity index (χ4n) is 3.60. The monoisotopic (exact) mass is 239 g/mol. The topological polar surface area (TPSA) is 61.8 Å². The normalized spacial score (nSPS) is 32.9. The van der Waals surface area contributed by atoms with Gasteiger partial charge in [0.25, 0.3) is 0 Å². The Kier molecular flexibility index (Phi) is 3.92. The Bertz CT molecular complexity index is 290. The van der Waals surface area contributed by atoms with Crippen LogP contribution in [0.1, 0.15) is 39.5 Å². The molecule has 0 saturated heterocycles. The van der Waals surface area contributed by atoms with Crippen molar-refractivity contribution in [2.45, 2.75) is 45.6 Å². The zero-order valence-corrected chi connectivity index (χ0v) is 11.0. The summed E-state index contributed by atoms with van der Waals surface area (Å²) in [5.41, 5.74) is 5.62. The van der Waals surface area contributed by atoms with Crippen molar-refractivity contribution in [3.8, 4) is 0 Å². The minimum atomic E-state index is 0.321. The van der Waals surface area contributed by atoms with Crippen molar-refractivity contribution in [2.24, 2.45) is 28.6 Å². The van der Waals surface area contributed by atoms with Crippen LogP contribution >= 0.6 is 0 Å². The highest BCUT2D eigenvalue weighted by molar-refractivity contribution is 5.81. The first-order chi connectivity index (χ1) is 8.10. The molecule has 0 spiro atoms. The summed E-state index contributed by atoms with van der Waals surface area (Å²) in [6.45, 7) is 6.05. The Morgan fingerprint density at radius 1 is 1.41 bits per heavy atom. The summed E-state index contributed by atoms with van der Waals surface area (Å²) in [6.07, 6.45) is 5.71. The molecule has 0 aromatic carbocycles. The van der Waals surface area contributed by atoms with Crippen molar-refractivity contribution < 1.29 is 5.21 Å². The zero-order valence-electron chi connectivity index (χ0n) is 11.0. The summed E-state index contributed by atoms with van der Waals surface area (Å²) in [5, 5.41) is 11.8. The lowest BCUT2D eigenvalue weighted by Crippen LogP contribution is -2.42. The maximum atomic E-state index is 8.67. The second-order valence-corrected chi connectivity index (χ2v) is 6.05. The van der Waals surface area contributed by atoms with Gasteiger partial charge in [-0.3, -0.25) is 4.90 Å². The summed E-state index contributed by atoms with van der Waals surface area (Å²) in [5.74, 6) is 3.08. The number of oxime groups is 1. The molecule has 3 N–H and O–H groups in total. The molecule has 2 aliphatic carbocycles. The van der Waals surface area contributed by atoms with Crippen molar-refractivity contribution in [2.75, 3.05) is 13.1 Å². The number of nitrogens with zero attached hydrogens (tertiary/aromatic N) is 2. The van der Waals surface area contributed by atoms with E-state index in [-0.39, 0.29) is 0 Å². The van der Waals surface area contributed by atoms with Crippen LogP contribution in [0.4, 0.5) is 0 Å². The molecule has 3 unspecified atom stereocenters. The molecule has 2 bridgehead atoms. The van der Waals surface area contributed by atoms with E-state index in [1.54, 1.807) is 0 Å². The van der Waals surface area contributed by atoms with Gasteiger partial charge in [0.05, 0.1) is 6.54 Å². The minimum absolute atomic E-state index is 0.321. The highest BCUT2D eigenvalue weighted by Gasteiger charge is 2.40. The molecule has 0 aliphatic heterocycles. The molecule has 2 fully saturated rings. The van der Waals surface area contributed by atoms with Gasteiger partial charge < -0.3 is 10.9 Å². The quantitative estimate of drug-likeness (QED) is 0.333. The fraction of sp³-hybridized carbons (Fsp3) is 0.923. The van der Waals surface area contributed by atoms with Crippen LogP contribution in [0.5, 0.6) is 0 Å². The number of rotatable bonds is 5. The van der Waals surface area contributed by atoms with Crippen LogP contribution < -0.4 is 5.73 Å². The summed E-state index contributed by atoms with van der Waals surface area (Å²) in [7, 11) is 0. The molecule has 0 aromatic heterocycles. The standard InChI is InChI=1S/C13H25N3O/c1-9(2)16(8-13(14)15-17)7-12-6-10-3-4-11(12)5-10/h9-12,17H,3-8H2,1-2H3,(H2,14,15). The van der Waals surface area contributed by atoms with Gasteiger partial charge in [-0.05, 0) is 50.9 Å². The first-order valence-electron chi connectivity index (χ1n) is 6.80. The Morgan fingerprint density at radius 2 is 2.18 bits per heavy atom. The number of hydrogen-bond acceptors (Lipinski definition) is 3. The van der Waals surface area contributed by atoms with Gasteiger partial charge in [0.15, 0.2) is 5.84 Å². The summed E-state index contributed by atoms with van der Waals surface area (Å²) in [6, 6.07) is 0.453. The first kappa shape index (κ1) is 12.7. The van der Waals surface area contributed by atoms with Crippen molar-refractivity contribution in [3.05, 3.63) is 0 Å². The molecule has 0 aromatic rings. The smallest absolute Gasteiger partial charge is 0.153 e. The highest BCUT2D eigenvalue weighted by Crippen LogP contribution is 2.48. The van der Waals surface area contributed by atoms with E-state index in [1.807, 2.05) is 0 Å². The molecule has 0 amide bonds. The van der Waals surface area contributed by atoms with Crippen LogP contribution in [0.3, 0.4) is 0 Å². The Morgan fingerprint density at radius 3 is 2.65 bits per heavy atom. The number of fused-ring (bicyclic) bond motifs is 2. The average molecular weight is 239 g/mol. The SMILES string of the molecule is CC(C)N(CC(N)=NO)CC1CC2CCC1C2. The molecule has 4 nitrogen and oxygen atoms in total. The average Bonchev–Trinajstić information content (AvgIpc) is 2.89. The maximum absolute atomic E-state index is 8.67. The molecule has 4 heteroatoms. The third kappa shape index (κ3) is 2.92. The van der Waals surface area contributed by atoms with Crippen LogP contribution in [0, 0.1) is 17.8 Å².